The summed E-state index contributed by atoms with van der Waals surface area (Å²) in [5, 5.41) is 3.67. The number of aromatic nitrogens is 3. The van der Waals surface area contributed by atoms with Gasteiger partial charge in [0.15, 0.2) is 5.65 Å². The Morgan fingerprint density at radius 3 is 2.95 bits per heavy atom. The number of carbonyl (C=O) groups is 1. The monoisotopic (exact) mass is 258 g/mol. The van der Waals surface area contributed by atoms with Gasteiger partial charge >= 0.3 is 0 Å². The zero-order valence-electron chi connectivity index (χ0n) is 10.4. The number of nitrogens with one attached hydrogen (secondary N) is 1. The van der Waals surface area contributed by atoms with Crippen LogP contribution in [0.4, 0.5) is 0 Å². The van der Waals surface area contributed by atoms with Gasteiger partial charge in [-0.1, -0.05) is 0 Å². The summed E-state index contributed by atoms with van der Waals surface area (Å²) in [5.41, 5.74) is 0.916. The molecule has 0 aliphatic carbocycles. The SMILES string of the molecule is O=C(NC1CCOCC1)c1ncnc2ncccc12. The Labute approximate surface area is 110 Å². The number of amides is 1. The van der Waals surface area contributed by atoms with E-state index >= 15 is 0 Å². The van der Waals surface area contributed by atoms with Crippen LogP contribution in [0.2, 0.25) is 0 Å². The standard InChI is InChI=1S/C13H14N4O2/c18-13(17-9-3-6-19-7-4-9)11-10-2-1-5-14-12(10)16-8-15-11/h1-2,5,8-9H,3-4,6-7H2,(H,17,18). The Balaban J connectivity index is 1.85. The molecule has 1 N–H and O–H groups in total. The van der Waals surface area contributed by atoms with E-state index in [-0.39, 0.29) is 11.9 Å². The molecule has 19 heavy (non-hydrogen) atoms. The van der Waals surface area contributed by atoms with E-state index in [9.17, 15) is 4.79 Å². The summed E-state index contributed by atoms with van der Waals surface area (Å²) in [5.74, 6) is -0.174. The molecule has 98 valence electrons. The van der Waals surface area contributed by atoms with Crippen LogP contribution in [0.25, 0.3) is 11.0 Å². The zero-order chi connectivity index (χ0) is 13.1. The molecule has 0 unspecified atom stereocenters. The number of fused-ring (bicyclic) bond motifs is 1. The first-order valence-electron chi connectivity index (χ1n) is 6.29. The smallest absolute Gasteiger partial charge is 0.270 e. The Bertz CT molecular complexity index is 591. The lowest BCUT2D eigenvalue weighted by atomic mass is 10.1. The number of hydrogen-bond acceptors (Lipinski definition) is 5. The normalized spacial score (nSPS) is 16.4. The third-order valence-electron chi connectivity index (χ3n) is 3.18. The van der Waals surface area contributed by atoms with Gasteiger partial charge in [-0.15, -0.1) is 0 Å². The van der Waals surface area contributed by atoms with Gasteiger partial charge in [-0.05, 0) is 25.0 Å². The summed E-state index contributed by atoms with van der Waals surface area (Å²) in [6.07, 6.45) is 4.70. The van der Waals surface area contributed by atoms with Crippen molar-refractivity contribution in [1.82, 2.24) is 20.3 Å². The highest BCUT2D eigenvalue weighted by Crippen LogP contribution is 2.13. The van der Waals surface area contributed by atoms with E-state index in [1.165, 1.54) is 6.33 Å². The zero-order valence-corrected chi connectivity index (χ0v) is 10.4. The van der Waals surface area contributed by atoms with Gasteiger partial charge in [0.05, 0.1) is 5.39 Å². The quantitative estimate of drug-likeness (QED) is 0.867. The maximum absolute atomic E-state index is 12.3. The molecular weight excluding hydrogens is 244 g/mol. The van der Waals surface area contributed by atoms with Crippen molar-refractivity contribution in [3.63, 3.8) is 0 Å². The van der Waals surface area contributed by atoms with Crippen molar-refractivity contribution >= 4 is 16.9 Å². The number of hydrogen-bond donors (Lipinski definition) is 1. The Morgan fingerprint density at radius 1 is 1.26 bits per heavy atom. The molecule has 0 saturated carbocycles. The van der Waals surface area contributed by atoms with Crippen LogP contribution >= 0.6 is 0 Å². The van der Waals surface area contributed by atoms with Crippen molar-refractivity contribution < 1.29 is 9.53 Å². The van der Waals surface area contributed by atoms with Crippen molar-refractivity contribution in [3.8, 4) is 0 Å². The molecule has 3 rings (SSSR count). The molecule has 1 aliphatic rings. The van der Waals surface area contributed by atoms with E-state index in [0.29, 0.717) is 29.9 Å². The molecule has 2 aromatic rings. The Morgan fingerprint density at radius 2 is 2.11 bits per heavy atom. The maximum atomic E-state index is 12.3. The fourth-order valence-electron chi connectivity index (χ4n) is 2.17. The molecule has 0 radical (unpaired) electrons. The van der Waals surface area contributed by atoms with Crippen LogP contribution in [0.15, 0.2) is 24.7 Å². The molecule has 1 saturated heterocycles. The van der Waals surface area contributed by atoms with Crippen LogP contribution in [0.1, 0.15) is 23.3 Å². The van der Waals surface area contributed by atoms with Gasteiger partial charge in [0, 0.05) is 25.5 Å². The summed E-state index contributed by atoms with van der Waals surface area (Å²) in [6.45, 7) is 1.38. The first-order valence-corrected chi connectivity index (χ1v) is 6.29. The average Bonchev–Trinajstić information content (AvgIpc) is 2.47. The minimum absolute atomic E-state index is 0.155. The average molecular weight is 258 g/mol. The van der Waals surface area contributed by atoms with Gasteiger partial charge in [0.2, 0.25) is 0 Å². The minimum Gasteiger partial charge on any atom is -0.381 e. The maximum Gasteiger partial charge on any atom is 0.270 e. The summed E-state index contributed by atoms with van der Waals surface area (Å²) in [7, 11) is 0. The lowest BCUT2D eigenvalue weighted by Crippen LogP contribution is -2.39. The number of ether oxygens (including phenoxy) is 1. The van der Waals surface area contributed by atoms with Crippen LogP contribution in [0, 0.1) is 0 Å². The second-order valence-corrected chi connectivity index (χ2v) is 4.46. The predicted molar refractivity (Wildman–Crippen MR) is 68.6 cm³/mol. The molecule has 0 atom stereocenters. The predicted octanol–water partition coefficient (Wildman–Crippen LogP) is 0.934. The number of carbonyl (C=O) groups excluding carboxylic acids is 1. The molecule has 0 bridgehead atoms. The van der Waals surface area contributed by atoms with E-state index in [0.717, 1.165) is 12.8 Å². The molecule has 0 aromatic carbocycles. The molecular formula is C13H14N4O2. The van der Waals surface area contributed by atoms with Gasteiger partial charge in [-0.25, -0.2) is 15.0 Å². The first-order chi connectivity index (χ1) is 9.34. The minimum atomic E-state index is -0.174. The largest absolute Gasteiger partial charge is 0.381 e. The first kappa shape index (κ1) is 12.0. The summed E-state index contributed by atoms with van der Waals surface area (Å²) in [6, 6.07) is 3.74. The molecule has 3 heterocycles. The highest BCUT2D eigenvalue weighted by atomic mass is 16.5. The third-order valence-corrected chi connectivity index (χ3v) is 3.18. The van der Waals surface area contributed by atoms with E-state index in [2.05, 4.69) is 20.3 Å². The van der Waals surface area contributed by atoms with Gasteiger partial charge in [-0.3, -0.25) is 4.79 Å². The summed E-state index contributed by atoms with van der Waals surface area (Å²) >= 11 is 0. The van der Waals surface area contributed by atoms with Crippen molar-refractivity contribution in [1.29, 1.82) is 0 Å². The fraction of sp³-hybridized carbons (Fsp3) is 0.385. The van der Waals surface area contributed by atoms with Crippen molar-refractivity contribution in [2.45, 2.75) is 18.9 Å². The lowest BCUT2D eigenvalue weighted by molar-refractivity contribution is 0.0695. The van der Waals surface area contributed by atoms with Crippen LogP contribution in [0.3, 0.4) is 0 Å². The number of pyridine rings is 1. The fourth-order valence-corrected chi connectivity index (χ4v) is 2.17. The van der Waals surface area contributed by atoms with E-state index < -0.39 is 0 Å². The third kappa shape index (κ3) is 2.53. The van der Waals surface area contributed by atoms with Crippen molar-refractivity contribution in [2.24, 2.45) is 0 Å². The van der Waals surface area contributed by atoms with Crippen molar-refractivity contribution in [3.05, 3.63) is 30.4 Å². The summed E-state index contributed by atoms with van der Waals surface area (Å²) < 4.78 is 5.27. The van der Waals surface area contributed by atoms with E-state index in [4.69, 9.17) is 4.74 Å². The van der Waals surface area contributed by atoms with Gasteiger partial charge in [0.25, 0.3) is 5.91 Å². The molecule has 0 spiro atoms. The molecule has 1 amide bonds. The molecule has 6 heteroatoms. The van der Waals surface area contributed by atoms with Crippen LogP contribution in [-0.4, -0.2) is 40.1 Å². The number of rotatable bonds is 2. The molecule has 6 nitrogen and oxygen atoms in total. The second kappa shape index (κ2) is 5.27. The molecule has 1 fully saturated rings. The van der Waals surface area contributed by atoms with Crippen LogP contribution in [-0.2, 0) is 4.74 Å². The van der Waals surface area contributed by atoms with Crippen LogP contribution < -0.4 is 5.32 Å². The Hall–Kier alpha value is -2.08. The topological polar surface area (TPSA) is 77.0 Å². The van der Waals surface area contributed by atoms with Crippen molar-refractivity contribution in [2.75, 3.05) is 13.2 Å². The van der Waals surface area contributed by atoms with Gasteiger partial charge < -0.3 is 10.1 Å². The van der Waals surface area contributed by atoms with Crippen LogP contribution in [0.5, 0.6) is 0 Å². The van der Waals surface area contributed by atoms with Gasteiger partial charge in [-0.2, -0.15) is 0 Å². The highest BCUT2D eigenvalue weighted by molar-refractivity contribution is 6.03. The summed E-state index contributed by atoms with van der Waals surface area (Å²) in [4.78, 5) is 24.5. The molecule has 2 aromatic heterocycles. The lowest BCUT2D eigenvalue weighted by Gasteiger charge is -2.23. The highest BCUT2D eigenvalue weighted by Gasteiger charge is 2.19. The van der Waals surface area contributed by atoms with E-state index in [1.54, 1.807) is 18.3 Å². The van der Waals surface area contributed by atoms with E-state index in [1.807, 2.05) is 0 Å². The molecule has 1 aliphatic heterocycles. The number of nitrogens with zero attached hydrogens (tertiary/aromatic N) is 3. The van der Waals surface area contributed by atoms with Gasteiger partial charge in [0.1, 0.15) is 12.0 Å². The second-order valence-electron chi connectivity index (χ2n) is 4.46. The Kier molecular flexibility index (Phi) is 3.33.